The number of carbonyl (C=O) groups excluding carboxylic acids is 1. The first-order valence-electron chi connectivity index (χ1n) is 9.26. The molecule has 3 N–H and O–H groups in total. The summed E-state index contributed by atoms with van der Waals surface area (Å²) in [6.45, 7) is 3.77. The number of carboxylic acids is 1. The van der Waals surface area contributed by atoms with Crippen LogP contribution in [0.4, 0.5) is 10.5 Å². The smallest absolute Gasteiger partial charge is 0.339 e. The summed E-state index contributed by atoms with van der Waals surface area (Å²) in [5, 5.41) is 16.2. The van der Waals surface area contributed by atoms with Gasteiger partial charge < -0.3 is 19.7 Å². The van der Waals surface area contributed by atoms with Crippen molar-refractivity contribution in [3.63, 3.8) is 0 Å². The lowest BCUT2D eigenvalue weighted by Gasteiger charge is -2.11. The van der Waals surface area contributed by atoms with Crippen molar-refractivity contribution in [2.45, 2.75) is 13.8 Å². The standard InChI is InChI=1S/C22H21ClN4O4/c1-13-10-15(12-24-26-22(30)25-16-4-7-18(31-3)8-5-16)14(2)27(13)17-6-9-20(23)19(11-17)21(28)29/h4-12H,1-3H3,(H,28,29)(H2,25,26,30)/b24-12+. The van der Waals surface area contributed by atoms with Crippen LogP contribution in [0.25, 0.3) is 5.69 Å². The number of hydrogen-bond donors (Lipinski definition) is 3. The van der Waals surface area contributed by atoms with E-state index < -0.39 is 12.0 Å². The lowest BCUT2D eigenvalue weighted by Crippen LogP contribution is -2.24. The van der Waals surface area contributed by atoms with E-state index in [0.29, 0.717) is 17.1 Å². The Morgan fingerprint density at radius 2 is 1.84 bits per heavy atom. The molecule has 160 valence electrons. The average Bonchev–Trinajstić information content (AvgIpc) is 3.02. The Labute approximate surface area is 184 Å². The summed E-state index contributed by atoms with van der Waals surface area (Å²) in [5.41, 5.74) is 6.19. The van der Waals surface area contributed by atoms with Crippen LogP contribution >= 0.6 is 11.6 Å². The predicted molar refractivity (Wildman–Crippen MR) is 120 cm³/mol. The van der Waals surface area contributed by atoms with Gasteiger partial charge in [-0.05, 0) is 62.4 Å². The molecule has 0 saturated carbocycles. The highest BCUT2D eigenvalue weighted by molar-refractivity contribution is 6.33. The summed E-state index contributed by atoms with van der Waals surface area (Å²) >= 11 is 5.97. The van der Waals surface area contributed by atoms with E-state index in [2.05, 4.69) is 15.8 Å². The van der Waals surface area contributed by atoms with E-state index in [9.17, 15) is 14.7 Å². The monoisotopic (exact) mass is 440 g/mol. The first-order valence-corrected chi connectivity index (χ1v) is 9.64. The number of carbonyl (C=O) groups is 2. The summed E-state index contributed by atoms with van der Waals surface area (Å²) in [5.74, 6) is -0.404. The van der Waals surface area contributed by atoms with Gasteiger partial charge in [0.15, 0.2) is 0 Å². The van der Waals surface area contributed by atoms with Crippen molar-refractivity contribution in [3.05, 3.63) is 76.1 Å². The lowest BCUT2D eigenvalue weighted by molar-refractivity contribution is 0.0697. The Bertz CT molecular complexity index is 1150. The van der Waals surface area contributed by atoms with E-state index in [1.165, 1.54) is 12.3 Å². The molecule has 0 spiro atoms. The van der Waals surface area contributed by atoms with E-state index in [4.69, 9.17) is 16.3 Å². The number of nitrogens with zero attached hydrogens (tertiary/aromatic N) is 2. The van der Waals surface area contributed by atoms with Crippen LogP contribution in [-0.4, -0.2) is 35.0 Å². The molecular weight excluding hydrogens is 420 g/mol. The summed E-state index contributed by atoms with van der Waals surface area (Å²) < 4.78 is 6.97. The molecular formula is C22H21ClN4O4. The fraction of sp³-hybridized carbons (Fsp3) is 0.136. The second-order valence-corrected chi connectivity index (χ2v) is 7.09. The SMILES string of the molecule is COc1ccc(NC(=O)N/N=C/c2cc(C)n(-c3ccc(Cl)c(C(=O)O)c3)c2C)cc1. The number of aromatic carboxylic acids is 1. The second kappa shape index (κ2) is 9.36. The molecule has 0 aliphatic carbocycles. The third kappa shape index (κ3) is 5.04. The van der Waals surface area contributed by atoms with Gasteiger partial charge in [-0.3, -0.25) is 0 Å². The first kappa shape index (κ1) is 21.9. The molecule has 1 aromatic heterocycles. The van der Waals surface area contributed by atoms with Crippen LogP contribution in [0.1, 0.15) is 27.3 Å². The predicted octanol–water partition coefficient (Wildman–Crippen LogP) is 4.61. The zero-order valence-corrected chi connectivity index (χ0v) is 17.9. The number of anilines is 1. The molecule has 0 fully saturated rings. The Balaban J connectivity index is 1.73. The summed E-state index contributed by atoms with van der Waals surface area (Å²) in [4.78, 5) is 23.4. The molecule has 0 saturated heterocycles. The van der Waals surface area contributed by atoms with Gasteiger partial charge in [-0.25, -0.2) is 15.0 Å². The van der Waals surface area contributed by atoms with Crippen LogP contribution in [0.15, 0.2) is 53.6 Å². The fourth-order valence-corrected chi connectivity index (χ4v) is 3.32. The van der Waals surface area contributed by atoms with Crippen molar-refractivity contribution >= 4 is 35.5 Å². The number of halogens is 1. The molecule has 2 amide bonds. The number of hydrogen-bond acceptors (Lipinski definition) is 4. The van der Waals surface area contributed by atoms with E-state index >= 15 is 0 Å². The maximum Gasteiger partial charge on any atom is 0.339 e. The molecule has 3 rings (SSSR count). The minimum Gasteiger partial charge on any atom is -0.497 e. The molecule has 9 heteroatoms. The van der Waals surface area contributed by atoms with E-state index in [1.54, 1.807) is 43.5 Å². The second-order valence-electron chi connectivity index (χ2n) is 6.68. The van der Waals surface area contributed by atoms with E-state index in [1.807, 2.05) is 24.5 Å². The molecule has 0 radical (unpaired) electrons. The van der Waals surface area contributed by atoms with Crippen molar-refractivity contribution in [3.8, 4) is 11.4 Å². The van der Waals surface area contributed by atoms with E-state index in [-0.39, 0.29) is 10.6 Å². The zero-order valence-electron chi connectivity index (χ0n) is 17.1. The Kier molecular flexibility index (Phi) is 6.61. The quantitative estimate of drug-likeness (QED) is 0.384. The molecule has 1 heterocycles. The molecule has 0 bridgehead atoms. The van der Waals surface area contributed by atoms with Gasteiger partial charge in [0.2, 0.25) is 0 Å². The average molecular weight is 441 g/mol. The lowest BCUT2D eigenvalue weighted by atomic mass is 10.2. The number of benzene rings is 2. The minimum absolute atomic E-state index is 0.0266. The summed E-state index contributed by atoms with van der Waals surface area (Å²) in [6.07, 6.45) is 1.53. The molecule has 2 aromatic carbocycles. The highest BCUT2D eigenvalue weighted by atomic mass is 35.5. The molecule has 31 heavy (non-hydrogen) atoms. The van der Waals surface area contributed by atoms with Gasteiger partial charge in [-0.1, -0.05) is 11.6 Å². The van der Waals surface area contributed by atoms with Crippen molar-refractivity contribution in [2.24, 2.45) is 5.10 Å². The minimum atomic E-state index is -1.09. The van der Waals surface area contributed by atoms with Gasteiger partial charge in [-0.2, -0.15) is 5.10 Å². The van der Waals surface area contributed by atoms with Crippen molar-refractivity contribution < 1.29 is 19.4 Å². The topological polar surface area (TPSA) is 105 Å². The van der Waals surface area contributed by atoms with Gasteiger partial charge in [0, 0.05) is 28.3 Å². The Morgan fingerprint density at radius 1 is 1.13 bits per heavy atom. The van der Waals surface area contributed by atoms with Crippen LogP contribution in [0, 0.1) is 13.8 Å². The number of aromatic nitrogens is 1. The van der Waals surface area contributed by atoms with Crippen LogP contribution in [0.3, 0.4) is 0 Å². The Hall–Kier alpha value is -3.78. The van der Waals surface area contributed by atoms with Gasteiger partial charge in [-0.15, -0.1) is 0 Å². The molecule has 0 unspecified atom stereocenters. The maximum absolute atomic E-state index is 12.0. The van der Waals surface area contributed by atoms with Gasteiger partial charge >= 0.3 is 12.0 Å². The van der Waals surface area contributed by atoms with Crippen LogP contribution in [0.5, 0.6) is 5.75 Å². The molecule has 0 aliphatic rings. The first-order chi connectivity index (χ1) is 14.8. The largest absolute Gasteiger partial charge is 0.497 e. The van der Waals surface area contributed by atoms with Crippen molar-refractivity contribution in [1.82, 2.24) is 9.99 Å². The van der Waals surface area contributed by atoms with Gasteiger partial charge in [0.1, 0.15) is 5.75 Å². The Morgan fingerprint density at radius 3 is 2.48 bits per heavy atom. The normalized spacial score (nSPS) is 10.8. The number of aryl methyl sites for hydroxylation is 1. The number of urea groups is 1. The number of rotatable bonds is 6. The number of carboxylic acid groups (broad SMARTS) is 1. The van der Waals surface area contributed by atoms with E-state index in [0.717, 1.165) is 17.0 Å². The maximum atomic E-state index is 12.0. The number of methoxy groups -OCH3 is 1. The third-order valence-electron chi connectivity index (χ3n) is 4.63. The third-order valence-corrected chi connectivity index (χ3v) is 4.96. The van der Waals surface area contributed by atoms with Crippen molar-refractivity contribution in [1.29, 1.82) is 0 Å². The molecule has 0 atom stereocenters. The number of amides is 2. The molecule has 0 aliphatic heterocycles. The van der Waals surface area contributed by atoms with Gasteiger partial charge in [0.05, 0.1) is 23.9 Å². The van der Waals surface area contributed by atoms with Crippen LogP contribution in [0.2, 0.25) is 5.02 Å². The summed E-state index contributed by atoms with van der Waals surface area (Å²) in [7, 11) is 1.57. The number of ether oxygens (including phenoxy) is 1. The van der Waals surface area contributed by atoms with Crippen LogP contribution < -0.4 is 15.5 Å². The van der Waals surface area contributed by atoms with Crippen molar-refractivity contribution in [2.75, 3.05) is 12.4 Å². The van der Waals surface area contributed by atoms with Gasteiger partial charge in [0.25, 0.3) is 0 Å². The molecule has 3 aromatic rings. The molecule has 8 nitrogen and oxygen atoms in total. The highest BCUT2D eigenvalue weighted by Gasteiger charge is 2.14. The number of hydrazone groups is 1. The summed E-state index contributed by atoms with van der Waals surface area (Å²) in [6, 6.07) is 13.1. The fourth-order valence-electron chi connectivity index (χ4n) is 3.13. The number of nitrogens with one attached hydrogen (secondary N) is 2. The highest BCUT2D eigenvalue weighted by Crippen LogP contribution is 2.24. The zero-order chi connectivity index (χ0) is 22.5. The van der Waals surface area contributed by atoms with Crippen LogP contribution in [-0.2, 0) is 0 Å².